The molecule has 0 bridgehead atoms. The lowest BCUT2D eigenvalue weighted by molar-refractivity contribution is -0.166. The zero-order chi connectivity index (χ0) is 14.2. The Kier molecular flexibility index (Phi) is 3.40. The minimum atomic E-state index is -0.917. The number of fused-ring (bicyclic) bond motifs is 1. The van der Waals surface area contributed by atoms with Gasteiger partial charge in [-0.15, -0.1) is 0 Å². The number of carbonyl (C=O) groups is 1. The van der Waals surface area contributed by atoms with Crippen LogP contribution in [0.5, 0.6) is 5.75 Å². The van der Waals surface area contributed by atoms with Crippen LogP contribution in [-0.2, 0) is 16.0 Å². The molecule has 5 heteroatoms. The Balaban J connectivity index is 1.45. The average Bonchev–Trinajstić information content (AvgIpc) is 2.76. The van der Waals surface area contributed by atoms with E-state index >= 15 is 0 Å². The fourth-order valence-corrected chi connectivity index (χ4v) is 3.00. The fraction of sp³-hybridized carbons (Fsp3) is 0.533. The molecule has 2 heterocycles. The van der Waals surface area contributed by atoms with E-state index in [-0.39, 0.29) is 18.3 Å². The Bertz CT molecular complexity index is 485. The van der Waals surface area contributed by atoms with E-state index in [4.69, 9.17) is 14.6 Å². The van der Waals surface area contributed by atoms with Crippen LogP contribution in [0.3, 0.4) is 0 Å². The second-order valence-electron chi connectivity index (χ2n) is 5.85. The summed E-state index contributed by atoms with van der Waals surface area (Å²) in [7, 11) is 0. The molecule has 20 heavy (non-hydrogen) atoms. The first-order valence-corrected chi connectivity index (χ1v) is 6.87. The van der Waals surface area contributed by atoms with Gasteiger partial charge in [-0.25, -0.2) is 4.79 Å². The second kappa shape index (κ2) is 5.07. The van der Waals surface area contributed by atoms with Gasteiger partial charge in [-0.3, -0.25) is 4.90 Å². The Morgan fingerprint density at radius 1 is 1.50 bits per heavy atom. The van der Waals surface area contributed by atoms with Gasteiger partial charge in [0.2, 0.25) is 0 Å². The van der Waals surface area contributed by atoms with Crippen LogP contribution in [0.4, 0.5) is 0 Å². The van der Waals surface area contributed by atoms with Crippen molar-refractivity contribution in [3.63, 3.8) is 0 Å². The van der Waals surface area contributed by atoms with Gasteiger partial charge < -0.3 is 14.6 Å². The highest BCUT2D eigenvalue weighted by atomic mass is 16.5. The topological polar surface area (TPSA) is 59.0 Å². The van der Waals surface area contributed by atoms with Gasteiger partial charge in [0.25, 0.3) is 0 Å². The third-order valence-corrected chi connectivity index (χ3v) is 3.84. The maximum atomic E-state index is 10.5. The lowest BCUT2D eigenvalue weighted by Crippen LogP contribution is -2.63. The van der Waals surface area contributed by atoms with Crippen LogP contribution in [-0.4, -0.2) is 53.9 Å². The molecule has 3 rings (SSSR count). The van der Waals surface area contributed by atoms with Crippen molar-refractivity contribution in [1.29, 1.82) is 0 Å². The number of carboxylic acid groups (broad SMARTS) is 1. The zero-order valence-corrected chi connectivity index (χ0v) is 11.5. The van der Waals surface area contributed by atoms with Crippen molar-refractivity contribution in [2.75, 3.05) is 26.2 Å². The first-order valence-electron chi connectivity index (χ1n) is 6.87. The third-order valence-electron chi connectivity index (χ3n) is 3.84. The van der Waals surface area contributed by atoms with Gasteiger partial charge in [0, 0.05) is 26.1 Å². The van der Waals surface area contributed by atoms with Gasteiger partial charge in [0.15, 0.2) is 0 Å². The summed E-state index contributed by atoms with van der Waals surface area (Å²) in [4.78, 5) is 12.8. The highest BCUT2D eigenvalue weighted by molar-refractivity contribution is 5.68. The van der Waals surface area contributed by atoms with Crippen molar-refractivity contribution < 1.29 is 19.4 Å². The number of benzene rings is 1. The maximum absolute atomic E-state index is 10.5. The summed E-state index contributed by atoms with van der Waals surface area (Å²) in [6.07, 6.45) is 1.13. The molecule has 0 aromatic heterocycles. The van der Waals surface area contributed by atoms with Gasteiger partial charge in [0.1, 0.15) is 18.5 Å². The molecule has 0 radical (unpaired) electrons. The fourth-order valence-electron chi connectivity index (χ4n) is 3.00. The van der Waals surface area contributed by atoms with E-state index < -0.39 is 5.97 Å². The van der Waals surface area contributed by atoms with Gasteiger partial charge in [-0.1, -0.05) is 18.2 Å². The van der Waals surface area contributed by atoms with E-state index in [1.807, 2.05) is 25.1 Å². The van der Waals surface area contributed by atoms with E-state index in [1.165, 1.54) is 5.56 Å². The molecule has 0 aliphatic carbocycles. The molecule has 1 aromatic rings. The summed E-state index contributed by atoms with van der Waals surface area (Å²) in [6.45, 7) is 4.11. The number of para-hydroxylation sites is 1. The minimum absolute atomic E-state index is 0.191. The molecule has 0 spiro atoms. The normalized spacial score (nSPS) is 23.8. The molecular weight excluding hydrogens is 258 g/mol. The van der Waals surface area contributed by atoms with Crippen LogP contribution in [0.2, 0.25) is 0 Å². The Hall–Kier alpha value is -1.59. The quantitative estimate of drug-likeness (QED) is 0.875. The first kappa shape index (κ1) is 13.4. The summed E-state index contributed by atoms with van der Waals surface area (Å²) in [5.41, 5.74) is 0.937. The van der Waals surface area contributed by atoms with Crippen molar-refractivity contribution in [3.05, 3.63) is 29.8 Å². The largest absolute Gasteiger partial charge is 0.488 e. The Morgan fingerprint density at radius 3 is 2.95 bits per heavy atom. The van der Waals surface area contributed by atoms with Crippen molar-refractivity contribution in [2.24, 2.45) is 0 Å². The molecular formula is C15H19NO4. The van der Waals surface area contributed by atoms with E-state index in [1.54, 1.807) is 0 Å². The van der Waals surface area contributed by atoms with Gasteiger partial charge in [-0.05, 0) is 18.6 Å². The van der Waals surface area contributed by atoms with Crippen LogP contribution in [0.15, 0.2) is 24.3 Å². The van der Waals surface area contributed by atoms with E-state index in [0.717, 1.165) is 31.8 Å². The molecule has 1 unspecified atom stereocenters. The molecule has 0 saturated carbocycles. The maximum Gasteiger partial charge on any atom is 0.329 e. The Morgan fingerprint density at radius 2 is 2.25 bits per heavy atom. The molecule has 2 aliphatic rings. The molecule has 5 nitrogen and oxygen atoms in total. The van der Waals surface area contributed by atoms with Gasteiger partial charge >= 0.3 is 5.97 Å². The van der Waals surface area contributed by atoms with Crippen LogP contribution in [0.1, 0.15) is 12.5 Å². The predicted molar refractivity (Wildman–Crippen MR) is 73.0 cm³/mol. The van der Waals surface area contributed by atoms with Crippen molar-refractivity contribution >= 4 is 5.97 Å². The SMILES string of the molecule is CC1(OCC(=O)O)CN(CC2Cc3ccccc3O2)C1. The molecule has 1 N–H and O–H groups in total. The monoisotopic (exact) mass is 277 g/mol. The number of aliphatic carboxylic acids is 1. The van der Waals surface area contributed by atoms with Crippen molar-refractivity contribution in [1.82, 2.24) is 4.90 Å². The van der Waals surface area contributed by atoms with E-state index in [9.17, 15) is 4.79 Å². The molecule has 108 valence electrons. The number of hydrogen-bond acceptors (Lipinski definition) is 4. The van der Waals surface area contributed by atoms with E-state index in [2.05, 4.69) is 11.0 Å². The van der Waals surface area contributed by atoms with Crippen LogP contribution in [0, 0.1) is 0 Å². The smallest absolute Gasteiger partial charge is 0.329 e. The highest BCUT2D eigenvalue weighted by Gasteiger charge is 2.41. The first-order chi connectivity index (χ1) is 9.54. The van der Waals surface area contributed by atoms with Gasteiger partial charge in [-0.2, -0.15) is 0 Å². The average molecular weight is 277 g/mol. The lowest BCUT2D eigenvalue weighted by atomic mass is 9.95. The van der Waals surface area contributed by atoms with Crippen LogP contribution >= 0.6 is 0 Å². The molecule has 2 aliphatic heterocycles. The number of carboxylic acids is 1. The molecule has 1 fully saturated rings. The second-order valence-corrected chi connectivity index (χ2v) is 5.85. The number of likely N-dealkylation sites (tertiary alicyclic amines) is 1. The summed E-state index contributed by atoms with van der Waals surface area (Å²) < 4.78 is 11.3. The number of ether oxygens (including phenoxy) is 2. The molecule has 0 amide bonds. The molecule has 1 saturated heterocycles. The summed E-state index contributed by atoms with van der Waals surface area (Å²) in [6, 6.07) is 8.13. The van der Waals surface area contributed by atoms with Crippen molar-refractivity contribution in [2.45, 2.75) is 25.0 Å². The molecule has 1 aromatic carbocycles. The number of hydrogen-bond donors (Lipinski definition) is 1. The van der Waals surface area contributed by atoms with Gasteiger partial charge in [0.05, 0.1) is 5.60 Å². The number of rotatable bonds is 5. The van der Waals surface area contributed by atoms with E-state index in [0.29, 0.717) is 0 Å². The summed E-state index contributed by atoms with van der Waals surface area (Å²) >= 11 is 0. The predicted octanol–water partition coefficient (Wildman–Crippen LogP) is 1.17. The zero-order valence-electron chi connectivity index (χ0n) is 11.5. The molecule has 1 atom stereocenters. The summed E-state index contributed by atoms with van der Waals surface area (Å²) in [5.74, 6) is 0.0714. The third kappa shape index (κ3) is 2.78. The number of nitrogens with zero attached hydrogens (tertiary/aromatic N) is 1. The Labute approximate surface area is 118 Å². The van der Waals surface area contributed by atoms with Crippen LogP contribution in [0.25, 0.3) is 0 Å². The summed E-state index contributed by atoms with van der Waals surface area (Å²) in [5, 5.41) is 8.63. The minimum Gasteiger partial charge on any atom is -0.488 e. The highest BCUT2D eigenvalue weighted by Crippen LogP contribution is 2.31. The van der Waals surface area contributed by atoms with Crippen LogP contribution < -0.4 is 4.74 Å². The standard InChI is InChI=1S/C15H19NO4/c1-15(19-8-14(17)18)9-16(10-15)7-12-6-11-4-2-3-5-13(11)20-12/h2-5,12H,6-10H2,1H3,(H,17,18). The van der Waals surface area contributed by atoms with Crippen molar-refractivity contribution in [3.8, 4) is 5.75 Å². The lowest BCUT2D eigenvalue weighted by Gasteiger charge is -2.47.